The highest BCUT2D eigenvalue weighted by molar-refractivity contribution is 7.22. The molecular weight excluding hydrogens is 1030 g/mol. The van der Waals surface area contributed by atoms with Gasteiger partial charge in [0.2, 0.25) is 17.7 Å². The lowest BCUT2D eigenvalue weighted by atomic mass is 9.93. The van der Waals surface area contributed by atoms with Crippen LogP contribution in [0.25, 0.3) is 32.2 Å². The van der Waals surface area contributed by atoms with Crippen molar-refractivity contribution in [3.8, 4) is 16.9 Å². The lowest BCUT2D eigenvalue weighted by Gasteiger charge is -2.41. The number of para-hydroxylation sites is 1. The van der Waals surface area contributed by atoms with Crippen molar-refractivity contribution in [3.05, 3.63) is 125 Å². The number of anilines is 3. The van der Waals surface area contributed by atoms with Crippen molar-refractivity contribution in [3.63, 3.8) is 0 Å². The Kier molecular flexibility index (Phi) is 15.1. The minimum absolute atomic E-state index is 0.0115. The number of carbonyl (C=O) groups excluding carboxylic acids is 5. The Balaban J connectivity index is 0.772. The fraction of sp³-hybridized carbons (Fsp3) is 0.368. The van der Waals surface area contributed by atoms with Gasteiger partial charge in [0.15, 0.2) is 10.8 Å². The number of nitrogens with one attached hydrogen (secondary N) is 3. The van der Waals surface area contributed by atoms with Crippen LogP contribution in [0, 0.1) is 6.92 Å². The van der Waals surface area contributed by atoms with E-state index in [9.17, 15) is 37.1 Å². The van der Waals surface area contributed by atoms with E-state index in [1.165, 1.54) is 11.3 Å². The summed E-state index contributed by atoms with van der Waals surface area (Å²) in [5, 5.41) is 13.8. The van der Waals surface area contributed by atoms with Crippen molar-refractivity contribution < 1.29 is 46.6 Å². The molecular formula is C57H59F3N10O7S. The summed E-state index contributed by atoms with van der Waals surface area (Å²) in [6.07, 6.45) is -3.03. The fourth-order valence-electron chi connectivity index (χ4n) is 10.5. The largest absolute Gasteiger partial charge is 0.493 e. The Labute approximate surface area is 452 Å². The van der Waals surface area contributed by atoms with Crippen LogP contribution in [0.15, 0.2) is 91.0 Å². The van der Waals surface area contributed by atoms with Gasteiger partial charge >= 0.3 is 12.1 Å². The number of esters is 1. The number of benzene rings is 4. The second kappa shape index (κ2) is 21.9. The SMILES string of the molecule is Cc1c(OCCCN2CCN(CC(=O)Nc3ccc4c(C5CCC(=O)NC5=O)nn(C)c4c3)[C@@H](C(F)(F)F)C2)cccc1-c1ccc(N2CCc3cccc(C(=O)Nc4nc5ccccc5s4)c3C2)nc1C(=O)OC(C)(C)C. The quantitative estimate of drug-likeness (QED) is 0.0532. The van der Waals surface area contributed by atoms with Gasteiger partial charge in [-0.15, -0.1) is 0 Å². The maximum absolute atomic E-state index is 14.6. The number of hydrogen-bond donors (Lipinski definition) is 3. The molecule has 3 aromatic heterocycles. The Hall–Kier alpha value is -7.75. The van der Waals surface area contributed by atoms with Gasteiger partial charge in [-0.3, -0.25) is 39.4 Å². The van der Waals surface area contributed by atoms with Crippen LogP contribution in [-0.2, 0) is 39.1 Å². The number of pyridine rings is 1. The predicted molar refractivity (Wildman–Crippen MR) is 291 cm³/mol. The number of nitrogens with zero attached hydrogens (tertiary/aromatic N) is 7. The van der Waals surface area contributed by atoms with Gasteiger partial charge in [0, 0.05) is 74.9 Å². The molecule has 2 saturated heterocycles. The molecule has 0 radical (unpaired) electrons. The van der Waals surface area contributed by atoms with Crippen LogP contribution < -0.4 is 25.6 Å². The monoisotopic (exact) mass is 1080 g/mol. The number of carbonyl (C=O) groups is 5. The molecule has 2 atom stereocenters. The molecule has 0 spiro atoms. The van der Waals surface area contributed by atoms with E-state index in [2.05, 4.69) is 26.0 Å². The zero-order valence-electron chi connectivity index (χ0n) is 43.8. The number of imide groups is 1. The number of thiazole rings is 1. The molecule has 6 heterocycles. The van der Waals surface area contributed by atoms with Gasteiger partial charge in [-0.25, -0.2) is 14.8 Å². The summed E-state index contributed by atoms with van der Waals surface area (Å²) >= 11 is 1.41. The van der Waals surface area contributed by atoms with Crippen molar-refractivity contribution in [1.29, 1.82) is 0 Å². The molecule has 17 nitrogen and oxygen atoms in total. The second-order valence-corrected chi connectivity index (χ2v) is 21.9. The molecule has 21 heteroatoms. The predicted octanol–water partition coefficient (Wildman–Crippen LogP) is 8.80. The summed E-state index contributed by atoms with van der Waals surface area (Å²) in [7, 11) is 1.69. The zero-order chi connectivity index (χ0) is 55.0. The molecule has 406 valence electrons. The first-order valence-corrected chi connectivity index (χ1v) is 26.7. The number of ether oxygens (including phenoxy) is 2. The van der Waals surface area contributed by atoms with E-state index in [0.29, 0.717) is 101 Å². The van der Waals surface area contributed by atoms with Crippen LogP contribution in [0.5, 0.6) is 5.75 Å². The highest BCUT2D eigenvalue weighted by Gasteiger charge is 2.47. The molecule has 78 heavy (non-hydrogen) atoms. The van der Waals surface area contributed by atoms with Gasteiger partial charge in [0.05, 0.1) is 40.5 Å². The van der Waals surface area contributed by atoms with Crippen LogP contribution in [0.3, 0.4) is 0 Å². The highest BCUT2D eigenvalue weighted by Crippen LogP contribution is 2.37. The van der Waals surface area contributed by atoms with Gasteiger partial charge in [-0.1, -0.05) is 47.7 Å². The summed E-state index contributed by atoms with van der Waals surface area (Å²) < 4.78 is 58.6. The Bertz CT molecular complexity index is 3450. The molecule has 3 aliphatic rings. The summed E-state index contributed by atoms with van der Waals surface area (Å²) in [6, 6.07) is 25.7. The number of aromatic nitrogens is 4. The first-order valence-electron chi connectivity index (χ1n) is 25.9. The second-order valence-electron chi connectivity index (χ2n) is 20.9. The van der Waals surface area contributed by atoms with E-state index in [1.807, 2.05) is 72.5 Å². The molecule has 4 aromatic carbocycles. The van der Waals surface area contributed by atoms with E-state index in [0.717, 1.165) is 31.8 Å². The van der Waals surface area contributed by atoms with Crippen LogP contribution in [0.4, 0.5) is 29.8 Å². The van der Waals surface area contributed by atoms with Gasteiger partial charge < -0.3 is 24.6 Å². The van der Waals surface area contributed by atoms with Crippen LogP contribution in [-0.4, -0.2) is 123 Å². The Morgan fingerprint density at radius 1 is 0.885 bits per heavy atom. The number of halogens is 3. The summed E-state index contributed by atoms with van der Waals surface area (Å²) in [6.45, 7) is 8.24. The van der Waals surface area contributed by atoms with Crippen molar-refractivity contribution in [1.82, 2.24) is 34.9 Å². The van der Waals surface area contributed by atoms with Crippen molar-refractivity contribution in [2.45, 2.75) is 83.7 Å². The van der Waals surface area contributed by atoms with Crippen molar-refractivity contribution in [2.75, 3.05) is 61.4 Å². The van der Waals surface area contributed by atoms with Crippen molar-refractivity contribution in [2.24, 2.45) is 7.05 Å². The average Bonchev–Trinajstić information content (AvgIpc) is 4.02. The molecule has 1 unspecified atom stereocenters. The number of amides is 4. The van der Waals surface area contributed by atoms with Gasteiger partial charge in [-0.05, 0) is 124 Å². The molecule has 0 saturated carbocycles. The number of alkyl halides is 3. The summed E-state index contributed by atoms with van der Waals surface area (Å²) in [5.74, 6) is -1.77. The fourth-order valence-corrected chi connectivity index (χ4v) is 11.3. The van der Waals surface area contributed by atoms with Crippen LogP contribution >= 0.6 is 11.3 Å². The molecule has 4 amide bonds. The number of piperazine rings is 1. The van der Waals surface area contributed by atoms with E-state index in [4.69, 9.17) is 14.5 Å². The third kappa shape index (κ3) is 11.7. The van der Waals surface area contributed by atoms with E-state index < -0.39 is 48.1 Å². The third-order valence-corrected chi connectivity index (χ3v) is 15.3. The number of fused-ring (bicyclic) bond motifs is 3. The molecule has 10 rings (SSSR count). The van der Waals surface area contributed by atoms with Crippen LogP contribution in [0.2, 0.25) is 0 Å². The van der Waals surface area contributed by atoms with Gasteiger partial charge in [-0.2, -0.15) is 18.3 Å². The maximum Gasteiger partial charge on any atom is 0.405 e. The van der Waals surface area contributed by atoms with E-state index in [1.54, 1.807) is 67.7 Å². The van der Waals surface area contributed by atoms with Gasteiger partial charge in [0.25, 0.3) is 5.91 Å². The summed E-state index contributed by atoms with van der Waals surface area (Å²) in [5.41, 5.74) is 5.97. The molecule has 0 bridgehead atoms. The molecule has 7 aromatic rings. The van der Waals surface area contributed by atoms with Crippen molar-refractivity contribution >= 4 is 78.7 Å². The Morgan fingerprint density at radius 2 is 1.69 bits per heavy atom. The van der Waals surface area contributed by atoms with E-state index >= 15 is 0 Å². The average molecular weight is 1090 g/mol. The molecule has 3 aliphatic heterocycles. The minimum atomic E-state index is -4.60. The van der Waals surface area contributed by atoms with Crippen LogP contribution in [0.1, 0.15) is 89.2 Å². The lowest BCUT2D eigenvalue weighted by Crippen LogP contribution is -2.60. The minimum Gasteiger partial charge on any atom is -0.493 e. The number of piperidine rings is 1. The number of aryl methyl sites for hydroxylation is 1. The normalized spacial score (nSPS) is 17.5. The third-order valence-electron chi connectivity index (χ3n) is 14.3. The number of hydrogen-bond acceptors (Lipinski definition) is 14. The standard InChI is InChI=1S/C57H59F3N10O7S/c1-33-36(37-19-21-47(63-51(37)54(75)77-56(2,3)4)70-25-23-34-11-8-13-38(41(34)30-70)52(73)65-55-62-42-14-6-7-16-45(42)78-55)12-9-15-44(33)76-28-10-24-68-26-27-69(46(31-68)57(58,59)60)32-49(72)61-35-17-18-39-43(29-35)67(5)66-50(39)40-20-22-48(71)64-53(40)74/h6-9,11-19,21,29,40,46H,10,20,22-28,30-32H2,1-5H3,(H,61,72)(H,62,65,73)(H,64,71,74)/t40?,46-/m1/s1. The first-order chi connectivity index (χ1) is 37.3. The highest BCUT2D eigenvalue weighted by atomic mass is 32.1. The van der Waals surface area contributed by atoms with E-state index in [-0.39, 0.29) is 43.6 Å². The maximum atomic E-state index is 14.6. The smallest absolute Gasteiger partial charge is 0.405 e. The molecule has 2 fully saturated rings. The van der Waals surface area contributed by atoms with Gasteiger partial charge in [0.1, 0.15) is 23.2 Å². The zero-order valence-corrected chi connectivity index (χ0v) is 44.6. The number of rotatable bonds is 14. The first kappa shape index (κ1) is 53.6. The topological polar surface area (TPSA) is 193 Å². The Morgan fingerprint density at radius 3 is 2.47 bits per heavy atom. The lowest BCUT2D eigenvalue weighted by molar-refractivity contribution is -0.197. The molecule has 3 N–H and O–H groups in total. The molecule has 0 aliphatic carbocycles. The summed E-state index contributed by atoms with van der Waals surface area (Å²) in [4.78, 5) is 79.9.